The van der Waals surface area contributed by atoms with Crippen LogP contribution in [0.25, 0.3) is 0 Å². The number of nitrogens with zero attached hydrogens (tertiary/aromatic N) is 2. The fraction of sp³-hybridized carbons (Fsp3) is 0.667. The highest BCUT2D eigenvalue weighted by Gasteiger charge is 2.17. The van der Waals surface area contributed by atoms with Gasteiger partial charge in [-0.2, -0.15) is 0 Å². The molecule has 1 fully saturated rings. The fourth-order valence-corrected chi connectivity index (χ4v) is 2.92. The van der Waals surface area contributed by atoms with E-state index in [0.717, 1.165) is 17.4 Å². The molecular formula is C15H22N2O3. The number of rotatable bonds is 3. The summed E-state index contributed by atoms with van der Waals surface area (Å²) in [6.07, 6.45) is 8.59. The number of ketones is 1. The van der Waals surface area contributed by atoms with E-state index in [2.05, 4.69) is 0 Å². The molecule has 20 heavy (non-hydrogen) atoms. The van der Waals surface area contributed by atoms with Crippen LogP contribution in [0.4, 0.5) is 0 Å². The predicted molar refractivity (Wildman–Crippen MR) is 77.1 cm³/mol. The Morgan fingerprint density at radius 2 is 1.80 bits per heavy atom. The minimum Gasteiger partial charge on any atom is -0.299 e. The molecule has 0 aliphatic heterocycles. The molecule has 0 atom stereocenters. The average molecular weight is 278 g/mol. The Morgan fingerprint density at radius 3 is 2.35 bits per heavy atom. The molecular weight excluding hydrogens is 256 g/mol. The fourth-order valence-electron chi connectivity index (χ4n) is 2.92. The first-order chi connectivity index (χ1) is 9.50. The van der Waals surface area contributed by atoms with E-state index < -0.39 is 5.56 Å². The van der Waals surface area contributed by atoms with E-state index in [9.17, 15) is 14.4 Å². The van der Waals surface area contributed by atoms with Crippen LogP contribution in [0.5, 0.6) is 0 Å². The summed E-state index contributed by atoms with van der Waals surface area (Å²) in [5.41, 5.74) is -0.732. The molecule has 5 nitrogen and oxygen atoms in total. The first kappa shape index (κ1) is 14.8. The van der Waals surface area contributed by atoms with Crippen LogP contribution in [-0.4, -0.2) is 14.9 Å². The highest BCUT2D eigenvalue weighted by molar-refractivity contribution is 5.93. The van der Waals surface area contributed by atoms with Gasteiger partial charge in [-0.15, -0.1) is 0 Å². The van der Waals surface area contributed by atoms with Gasteiger partial charge in [-0.1, -0.05) is 25.7 Å². The van der Waals surface area contributed by atoms with Gasteiger partial charge in [0.25, 0.3) is 5.56 Å². The molecule has 1 aliphatic carbocycles. The SMILES string of the molecule is CC(=O)c1cn(CC2CCCCCC2)c(=O)n(C)c1=O. The van der Waals surface area contributed by atoms with Gasteiger partial charge in [0, 0.05) is 19.8 Å². The molecule has 1 heterocycles. The highest BCUT2D eigenvalue weighted by atomic mass is 16.2. The maximum atomic E-state index is 12.1. The summed E-state index contributed by atoms with van der Waals surface area (Å²) in [6.45, 7) is 1.96. The van der Waals surface area contributed by atoms with Crippen LogP contribution >= 0.6 is 0 Å². The number of Topliss-reactive ketones (excluding diaryl/α,β-unsaturated/α-hetero) is 1. The molecule has 0 radical (unpaired) electrons. The van der Waals surface area contributed by atoms with Gasteiger partial charge >= 0.3 is 5.69 Å². The zero-order valence-corrected chi connectivity index (χ0v) is 12.2. The average Bonchev–Trinajstić information content (AvgIpc) is 2.67. The van der Waals surface area contributed by atoms with E-state index in [-0.39, 0.29) is 17.0 Å². The van der Waals surface area contributed by atoms with Gasteiger partial charge in [0.05, 0.1) is 5.56 Å². The normalized spacial score (nSPS) is 16.9. The second-order valence-corrected chi connectivity index (χ2v) is 5.76. The maximum absolute atomic E-state index is 12.1. The van der Waals surface area contributed by atoms with Crippen molar-refractivity contribution in [1.82, 2.24) is 9.13 Å². The van der Waals surface area contributed by atoms with Crippen molar-refractivity contribution in [3.05, 3.63) is 32.6 Å². The zero-order valence-electron chi connectivity index (χ0n) is 12.2. The number of carbonyl (C=O) groups is 1. The Labute approximate surface area is 118 Å². The summed E-state index contributed by atoms with van der Waals surface area (Å²) in [5.74, 6) is 0.174. The van der Waals surface area contributed by atoms with Gasteiger partial charge in [-0.25, -0.2) is 4.79 Å². The van der Waals surface area contributed by atoms with E-state index in [0.29, 0.717) is 12.5 Å². The minimum atomic E-state index is -0.500. The summed E-state index contributed by atoms with van der Waals surface area (Å²) in [5, 5.41) is 0. The molecule has 1 aromatic rings. The Balaban J connectivity index is 2.33. The summed E-state index contributed by atoms with van der Waals surface area (Å²) < 4.78 is 2.57. The molecule has 0 unspecified atom stereocenters. The van der Waals surface area contributed by atoms with Crippen LogP contribution in [0, 0.1) is 5.92 Å². The van der Waals surface area contributed by atoms with E-state index in [4.69, 9.17) is 0 Å². The minimum absolute atomic E-state index is 0.0979. The summed E-state index contributed by atoms with van der Waals surface area (Å²) >= 11 is 0. The number of hydrogen-bond acceptors (Lipinski definition) is 3. The van der Waals surface area contributed by atoms with E-state index >= 15 is 0 Å². The molecule has 1 aliphatic rings. The van der Waals surface area contributed by atoms with Gasteiger partial charge in [0.15, 0.2) is 5.78 Å². The maximum Gasteiger partial charge on any atom is 0.330 e. The molecule has 0 N–H and O–H groups in total. The standard InChI is InChI=1S/C15H22N2O3/c1-11(18)13-10-17(15(20)16(2)14(13)19)9-12-7-5-3-4-6-8-12/h10,12H,3-9H2,1-2H3. The van der Waals surface area contributed by atoms with Crippen molar-refractivity contribution in [3.8, 4) is 0 Å². The molecule has 2 rings (SSSR count). The summed E-state index contributed by atoms with van der Waals surface area (Å²) in [7, 11) is 1.43. The molecule has 0 spiro atoms. The molecule has 0 bridgehead atoms. The van der Waals surface area contributed by atoms with Crippen LogP contribution in [0.2, 0.25) is 0 Å². The lowest BCUT2D eigenvalue weighted by Crippen LogP contribution is -2.41. The smallest absolute Gasteiger partial charge is 0.299 e. The number of carbonyl (C=O) groups excluding carboxylic acids is 1. The lowest BCUT2D eigenvalue weighted by atomic mass is 10.0. The largest absolute Gasteiger partial charge is 0.330 e. The first-order valence-electron chi connectivity index (χ1n) is 7.32. The van der Waals surface area contributed by atoms with Crippen molar-refractivity contribution >= 4 is 5.78 Å². The molecule has 5 heteroatoms. The molecule has 0 saturated heterocycles. The van der Waals surface area contributed by atoms with Crippen LogP contribution < -0.4 is 11.2 Å². The van der Waals surface area contributed by atoms with Gasteiger partial charge in [-0.3, -0.25) is 18.7 Å². The van der Waals surface area contributed by atoms with E-state index in [1.807, 2.05) is 0 Å². The third-order valence-corrected chi connectivity index (χ3v) is 4.16. The monoisotopic (exact) mass is 278 g/mol. The van der Waals surface area contributed by atoms with Crippen LogP contribution in [-0.2, 0) is 13.6 Å². The quantitative estimate of drug-likeness (QED) is 0.625. The lowest BCUT2D eigenvalue weighted by Gasteiger charge is -2.16. The molecule has 0 aromatic carbocycles. The van der Waals surface area contributed by atoms with Gasteiger partial charge in [0.2, 0.25) is 0 Å². The molecule has 110 valence electrons. The van der Waals surface area contributed by atoms with E-state index in [1.165, 1.54) is 50.4 Å². The van der Waals surface area contributed by atoms with E-state index in [1.54, 1.807) is 0 Å². The van der Waals surface area contributed by atoms with Crippen molar-refractivity contribution in [2.45, 2.75) is 52.0 Å². The Kier molecular flexibility index (Phi) is 4.57. The second-order valence-electron chi connectivity index (χ2n) is 5.76. The second kappa shape index (κ2) is 6.20. The number of aromatic nitrogens is 2. The molecule has 0 amide bonds. The lowest BCUT2D eigenvalue weighted by molar-refractivity contribution is 0.101. The Morgan fingerprint density at radius 1 is 1.20 bits per heavy atom. The molecule has 1 saturated carbocycles. The van der Waals surface area contributed by atoms with Crippen molar-refractivity contribution in [2.24, 2.45) is 13.0 Å². The summed E-state index contributed by atoms with van der Waals surface area (Å²) in [4.78, 5) is 35.5. The van der Waals surface area contributed by atoms with Crippen molar-refractivity contribution in [2.75, 3.05) is 0 Å². The summed E-state index contributed by atoms with van der Waals surface area (Å²) in [6, 6.07) is 0. The Bertz CT molecular complexity index is 605. The van der Waals surface area contributed by atoms with Gasteiger partial charge < -0.3 is 0 Å². The van der Waals surface area contributed by atoms with Crippen LogP contribution in [0.15, 0.2) is 15.8 Å². The van der Waals surface area contributed by atoms with Gasteiger partial charge in [-0.05, 0) is 25.7 Å². The Hall–Kier alpha value is -1.65. The van der Waals surface area contributed by atoms with Gasteiger partial charge in [0.1, 0.15) is 0 Å². The third-order valence-electron chi connectivity index (χ3n) is 4.16. The topological polar surface area (TPSA) is 61.1 Å². The predicted octanol–water partition coefficient (Wildman–Crippen LogP) is 1.72. The van der Waals surface area contributed by atoms with Crippen LogP contribution in [0.1, 0.15) is 55.8 Å². The third kappa shape index (κ3) is 3.08. The highest BCUT2D eigenvalue weighted by Crippen LogP contribution is 2.23. The molecule has 1 aromatic heterocycles. The van der Waals surface area contributed by atoms with Crippen molar-refractivity contribution in [3.63, 3.8) is 0 Å². The number of hydrogen-bond donors (Lipinski definition) is 0. The first-order valence-corrected chi connectivity index (χ1v) is 7.32. The van der Waals surface area contributed by atoms with Crippen molar-refractivity contribution in [1.29, 1.82) is 0 Å². The van der Waals surface area contributed by atoms with Crippen molar-refractivity contribution < 1.29 is 4.79 Å². The van der Waals surface area contributed by atoms with Crippen LogP contribution in [0.3, 0.4) is 0 Å². The zero-order chi connectivity index (χ0) is 14.7.